The van der Waals surface area contributed by atoms with Gasteiger partial charge in [0.15, 0.2) is 0 Å². The second-order valence-electron chi connectivity index (χ2n) is 6.37. The van der Waals surface area contributed by atoms with Crippen molar-refractivity contribution in [1.82, 2.24) is 10.2 Å². The summed E-state index contributed by atoms with van der Waals surface area (Å²) >= 11 is 0. The average molecular weight is 308 g/mol. The van der Waals surface area contributed by atoms with Gasteiger partial charge in [0, 0.05) is 31.2 Å². The Morgan fingerprint density at radius 1 is 1.24 bits per heavy atom. The Morgan fingerprint density at radius 2 is 1.90 bits per heavy atom. The molecule has 1 N–H and O–H groups in total. The van der Waals surface area contributed by atoms with Crippen LogP contribution in [0.5, 0.6) is 0 Å². The highest BCUT2D eigenvalue weighted by atomic mass is 19.4. The third kappa shape index (κ3) is 4.57. The predicted molar refractivity (Wildman–Crippen MR) is 76.3 cm³/mol. The molecule has 1 aliphatic heterocycles. The Kier molecular flexibility index (Phi) is 5.54. The largest absolute Gasteiger partial charge is 0.411 e. The highest BCUT2D eigenvalue weighted by Crippen LogP contribution is 2.37. The van der Waals surface area contributed by atoms with Crippen molar-refractivity contribution in [2.75, 3.05) is 32.8 Å². The van der Waals surface area contributed by atoms with Crippen molar-refractivity contribution in [2.24, 2.45) is 5.92 Å². The first-order valence-electron chi connectivity index (χ1n) is 8.03. The summed E-state index contributed by atoms with van der Waals surface area (Å²) in [6, 6.07) is 0.499. The van der Waals surface area contributed by atoms with E-state index in [9.17, 15) is 13.2 Å². The molecule has 6 heteroatoms. The van der Waals surface area contributed by atoms with E-state index < -0.39 is 12.8 Å². The van der Waals surface area contributed by atoms with E-state index in [1.807, 2.05) is 0 Å². The number of rotatable bonds is 7. The van der Waals surface area contributed by atoms with Gasteiger partial charge in [-0.2, -0.15) is 13.2 Å². The van der Waals surface area contributed by atoms with Crippen LogP contribution in [0, 0.1) is 5.92 Å². The van der Waals surface area contributed by atoms with Crippen LogP contribution in [0.2, 0.25) is 0 Å². The molecular formula is C15H27F3N2O. The van der Waals surface area contributed by atoms with E-state index >= 15 is 0 Å². The van der Waals surface area contributed by atoms with Crippen LogP contribution in [-0.4, -0.2) is 55.5 Å². The number of hydrogen-bond donors (Lipinski definition) is 1. The van der Waals surface area contributed by atoms with Crippen molar-refractivity contribution < 1.29 is 17.9 Å². The maximum atomic E-state index is 12.1. The Bertz CT molecular complexity index is 327. The zero-order valence-electron chi connectivity index (χ0n) is 13.0. The molecule has 124 valence electrons. The van der Waals surface area contributed by atoms with Crippen LogP contribution in [0.15, 0.2) is 0 Å². The number of ether oxygens (including phenoxy) is 1. The van der Waals surface area contributed by atoms with Gasteiger partial charge in [-0.1, -0.05) is 13.8 Å². The van der Waals surface area contributed by atoms with Gasteiger partial charge in [0.1, 0.15) is 6.61 Å². The molecule has 0 bridgehead atoms. The Balaban J connectivity index is 1.87. The number of nitrogens with one attached hydrogen (secondary N) is 1. The van der Waals surface area contributed by atoms with Gasteiger partial charge in [0.2, 0.25) is 0 Å². The maximum Gasteiger partial charge on any atom is 0.411 e. The molecule has 1 saturated carbocycles. The first-order valence-corrected chi connectivity index (χ1v) is 8.03. The zero-order chi connectivity index (χ0) is 15.5. The number of hydrogen-bond acceptors (Lipinski definition) is 3. The van der Waals surface area contributed by atoms with Crippen molar-refractivity contribution in [3.8, 4) is 0 Å². The topological polar surface area (TPSA) is 24.5 Å². The summed E-state index contributed by atoms with van der Waals surface area (Å²) < 4.78 is 41.2. The molecule has 0 aromatic carbocycles. The molecule has 1 saturated heterocycles. The van der Waals surface area contributed by atoms with Crippen molar-refractivity contribution in [1.29, 1.82) is 0 Å². The summed E-state index contributed by atoms with van der Waals surface area (Å²) in [4.78, 5) is 2.36. The smallest absolute Gasteiger partial charge is 0.371 e. The van der Waals surface area contributed by atoms with Gasteiger partial charge in [-0.05, 0) is 31.6 Å². The fourth-order valence-corrected chi connectivity index (χ4v) is 3.38. The van der Waals surface area contributed by atoms with Gasteiger partial charge >= 0.3 is 6.18 Å². The van der Waals surface area contributed by atoms with Crippen molar-refractivity contribution in [2.45, 2.75) is 57.3 Å². The van der Waals surface area contributed by atoms with E-state index in [0.29, 0.717) is 12.6 Å². The summed E-state index contributed by atoms with van der Waals surface area (Å²) in [6.07, 6.45) is 0.343. The van der Waals surface area contributed by atoms with Gasteiger partial charge in [-0.15, -0.1) is 0 Å². The molecule has 0 aromatic rings. The molecule has 0 aromatic heterocycles. The number of nitrogens with zero attached hydrogens (tertiary/aromatic N) is 1. The van der Waals surface area contributed by atoms with E-state index in [1.54, 1.807) is 0 Å². The standard InChI is InChI=1S/C15H27F3N2O/c1-3-14(4-2)10-19-13(12-5-6-12)9-20(14)7-8-21-11-15(16,17)18/h12-13,19H,3-11H2,1-2H3. The molecule has 2 aliphatic rings. The number of alkyl halides is 3. The molecular weight excluding hydrogens is 281 g/mol. The summed E-state index contributed by atoms with van der Waals surface area (Å²) in [5.41, 5.74) is 0.0625. The van der Waals surface area contributed by atoms with Crippen molar-refractivity contribution >= 4 is 0 Å². The summed E-state index contributed by atoms with van der Waals surface area (Å²) in [6.45, 7) is 5.78. The van der Waals surface area contributed by atoms with Crippen molar-refractivity contribution in [3.63, 3.8) is 0 Å². The quantitative estimate of drug-likeness (QED) is 0.732. The lowest BCUT2D eigenvalue weighted by Crippen LogP contribution is -2.65. The molecule has 1 atom stereocenters. The Labute approximate surface area is 125 Å². The molecule has 0 spiro atoms. The predicted octanol–water partition coefficient (Wildman–Crippen LogP) is 2.81. The fraction of sp³-hybridized carbons (Fsp3) is 1.00. The summed E-state index contributed by atoms with van der Waals surface area (Å²) in [7, 11) is 0. The third-order valence-electron chi connectivity index (χ3n) is 5.06. The average Bonchev–Trinajstić information content (AvgIpc) is 3.27. The molecule has 1 heterocycles. The molecule has 2 rings (SSSR count). The van der Waals surface area contributed by atoms with Crippen LogP contribution in [0.3, 0.4) is 0 Å². The molecule has 21 heavy (non-hydrogen) atoms. The van der Waals surface area contributed by atoms with E-state index in [2.05, 4.69) is 24.1 Å². The minimum absolute atomic E-state index is 0.0625. The van der Waals surface area contributed by atoms with Gasteiger partial charge in [0.05, 0.1) is 6.61 Å². The van der Waals surface area contributed by atoms with Gasteiger partial charge < -0.3 is 10.1 Å². The first kappa shape index (κ1) is 17.0. The number of halogens is 3. The Hall–Kier alpha value is -0.330. The highest BCUT2D eigenvalue weighted by Gasteiger charge is 2.43. The van der Waals surface area contributed by atoms with Crippen LogP contribution in [-0.2, 0) is 4.74 Å². The molecule has 3 nitrogen and oxygen atoms in total. The minimum Gasteiger partial charge on any atom is -0.371 e. The van der Waals surface area contributed by atoms with E-state index in [4.69, 9.17) is 4.74 Å². The summed E-state index contributed by atoms with van der Waals surface area (Å²) in [5.74, 6) is 0.760. The maximum absolute atomic E-state index is 12.1. The molecule has 2 fully saturated rings. The third-order valence-corrected chi connectivity index (χ3v) is 5.06. The monoisotopic (exact) mass is 308 g/mol. The van der Waals surface area contributed by atoms with Crippen LogP contribution in [0.1, 0.15) is 39.5 Å². The highest BCUT2D eigenvalue weighted by molar-refractivity contribution is 5.01. The normalized spacial score (nSPS) is 27.0. The van der Waals surface area contributed by atoms with Gasteiger partial charge in [-0.3, -0.25) is 4.90 Å². The van der Waals surface area contributed by atoms with E-state index in [-0.39, 0.29) is 12.1 Å². The Morgan fingerprint density at radius 3 is 2.43 bits per heavy atom. The number of piperazine rings is 1. The van der Waals surface area contributed by atoms with Crippen molar-refractivity contribution in [3.05, 3.63) is 0 Å². The second kappa shape index (κ2) is 6.84. The zero-order valence-corrected chi connectivity index (χ0v) is 13.0. The molecule has 1 aliphatic carbocycles. The van der Waals surface area contributed by atoms with Crippen LogP contribution in [0.4, 0.5) is 13.2 Å². The van der Waals surface area contributed by atoms with Crippen LogP contribution >= 0.6 is 0 Å². The fourth-order valence-electron chi connectivity index (χ4n) is 3.38. The first-order chi connectivity index (χ1) is 9.90. The lowest BCUT2D eigenvalue weighted by atomic mass is 9.86. The van der Waals surface area contributed by atoms with E-state index in [1.165, 1.54) is 12.8 Å². The van der Waals surface area contributed by atoms with Gasteiger partial charge in [0.25, 0.3) is 0 Å². The second-order valence-corrected chi connectivity index (χ2v) is 6.37. The lowest BCUT2D eigenvalue weighted by molar-refractivity contribution is -0.175. The van der Waals surface area contributed by atoms with Crippen LogP contribution < -0.4 is 5.32 Å². The van der Waals surface area contributed by atoms with Crippen LogP contribution in [0.25, 0.3) is 0 Å². The van der Waals surface area contributed by atoms with E-state index in [0.717, 1.165) is 31.8 Å². The molecule has 0 amide bonds. The minimum atomic E-state index is -4.23. The molecule has 0 radical (unpaired) electrons. The molecule has 1 unspecified atom stereocenters. The SMILES string of the molecule is CCC1(CC)CNC(C2CC2)CN1CCOCC(F)(F)F. The van der Waals surface area contributed by atoms with Gasteiger partial charge in [-0.25, -0.2) is 0 Å². The lowest BCUT2D eigenvalue weighted by Gasteiger charge is -2.50. The summed E-state index contributed by atoms with van der Waals surface area (Å²) in [5, 5.41) is 3.66.